The van der Waals surface area contributed by atoms with Crippen LogP contribution in [0.5, 0.6) is 5.75 Å². The van der Waals surface area contributed by atoms with E-state index in [1.165, 1.54) is 5.56 Å². The molecule has 3 heteroatoms. The third-order valence-electron chi connectivity index (χ3n) is 3.17. The lowest BCUT2D eigenvalue weighted by Gasteiger charge is -2.15. The van der Waals surface area contributed by atoms with Crippen LogP contribution in [0.3, 0.4) is 0 Å². The molecule has 0 amide bonds. The van der Waals surface area contributed by atoms with E-state index >= 15 is 0 Å². The van der Waals surface area contributed by atoms with Gasteiger partial charge in [0.2, 0.25) is 0 Å². The standard InChI is InChI=1S/C17H18Br2O/c18-13-15(11-14-5-4-6-16(19)12-14)9-10-20-17-7-2-1-3-8-17/h1-8,12,15H,9-11,13H2. The van der Waals surface area contributed by atoms with E-state index in [9.17, 15) is 0 Å². The Morgan fingerprint density at radius 2 is 1.80 bits per heavy atom. The highest BCUT2D eigenvalue weighted by Crippen LogP contribution is 2.19. The minimum atomic E-state index is 0.591. The van der Waals surface area contributed by atoms with E-state index in [4.69, 9.17) is 4.74 Å². The van der Waals surface area contributed by atoms with Gasteiger partial charge in [-0.25, -0.2) is 0 Å². The predicted octanol–water partition coefficient (Wildman–Crippen LogP) is 5.47. The fourth-order valence-electron chi connectivity index (χ4n) is 2.09. The third-order valence-corrected chi connectivity index (χ3v) is 4.58. The average molecular weight is 398 g/mol. The molecule has 20 heavy (non-hydrogen) atoms. The van der Waals surface area contributed by atoms with E-state index in [0.29, 0.717) is 5.92 Å². The van der Waals surface area contributed by atoms with E-state index in [0.717, 1.165) is 35.0 Å². The number of hydrogen-bond acceptors (Lipinski definition) is 1. The molecule has 1 nitrogen and oxygen atoms in total. The smallest absolute Gasteiger partial charge is 0.119 e. The molecular formula is C17H18Br2O. The molecular weight excluding hydrogens is 380 g/mol. The van der Waals surface area contributed by atoms with E-state index in [1.54, 1.807) is 0 Å². The Bertz CT molecular complexity index is 513. The number of hydrogen-bond donors (Lipinski definition) is 0. The molecule has 2 aromatic carbocycles. The van der Waals surface area contributed by atoms with Crippen LogP contribution in [-0.4, -0.2) is 11.9 Å². The van der Waals surface area contributed by atoms with E-state index in [2.05, 4.69) is 56.1 Å². The van der Waals surface area contributed by atoms with Crippen LogP contribution in [0.2, 0.25) is 0 Å². The Hall–Kier alpha value is -0.800. The van der Waals surface area contributed by atoms with Gasteiger partial charge in [-0.3, -0.25) is 0 Å². The fourth-order valence-corrected chi connectivity index (χ4v) is 3.09. The fraction of sp³-hybridized carbons (Fsp3) is 0.294. The van der Waals surface area contributed by atoms with Crippen molar-refractivity contribution in [2.24, 2.45) is 5.92 Å². The lowest BCUT2D eigenvalue weighted by atomic mass is 9.98. The second-order valence-corrected chi connectivity index (χ2v) is 6.37. The van der Waals surface area contributed by atoms with Gasteiger partial charge in [-0.15, -0.1) is 0 Å². The quantitative estimate of drug-likeness (QED) is 0.562. The van der Waals surface area contributed by atoms with Gasteiger partial charge in [-0.05, 0) is 48.6 Å². The summed E-state index contributed by atoms with van der Waals surface area (Å²) in [6.07, 6.45) is 2.12. The summed E-state index contributed by atoms with van der Waals surface area (Å²) in [5, 5.41) is 0.998. The van der Waals surface area contributed by atoms with Gasteiger partial charge in [0.05, 0.1) is 6.61 Å². The minimum Gasteiger partial charge on any atom is -0.494 e. The summed E-state index contributed by atoms with van der Waals surface area (Å²) in [5.74, 6) is 1.54. The summed E-state index contributed by atoms with van der Waals surface area (Å²) in [6.45, 7) is 0.758. The Kier molecular flexibility index (Phi) is 6.61. The number of benzene rings is 2. The first kappa shape index (κ1) is 15.6. The van der Waals surface area contributed by atoms with E-state index in [-0.39, 0.29) is 0 Å². The van der Waals surface area contributed by atoms with Crippen LogP contribution in [0.1, 0.15) is 12.0 Å². The van der Waals surface area contributed by atoms with Crippen molar-refractivity contribution in [2.75, 3.05) is 11.9 Å². The molecule has 0 aliphatic rings. The third kappa shape index (κ3) is 5.29. The molecule has 0 radical (unpaired) electrons. The Balaban J connectivity index is 1.80. The first-order chi connectivity index (χ1) is 9.78. The Morgan fingerprint density at radius 3 is 2.50 bits per heavy atom. The van der Waals surface area contributed by atoms with Crippen LogP contribution in [-0.2, 0) is 6.42 Å². The van der Waals surface area contributed by atoms with Gasteiger partial charge in [0, 0.05) is 9.80 Å². The van der Waals surface area contributed by atoms with Gasteiger partial charge >= 0.3 is 0 Å². The summed E-state index contributed by atoms with van der Waals surface area (Å²) in [4.78, 5) is 0. The highest BCUT2D eigenvalue weighted by Gasteiger charge is 2.09. The van der Waals surface area contributed by atoms with Gasteiger partial charge < -0.3 is 4.74 Å². The van der Waals surface area contributed by atoms with Crippen LogP contribution in [0.4, 0.5) is 0 Å². The Morgan fingerprint density at radius 1 is 1.00 bits per heavy atom. The van der Waals surface area contributed by atoms with Gasteiger partial charge in [-0.2, -0.15) is 0 Å². The summed E-state index contributed by atoms with van der Waals surface area (Å²) in [7, 11) is 0. The molecule has 0 N–H and O–H groups in total. The average Bonchev–Trinajstić information content (AvgIpc) is 2.47. The van der Waals surface area contributed by atoms with Gasteiger partial charge in [0.1, 0.15) is 5.75 Å². The van der Waals surface area contributed by atoms with Crippen LogP contribution in [0.25, 0.3) is 0 Å². The number of rotatable bonds is 7. The molecule has 0 aliphatic heterocycles. The highest BCUT2D eigenvalue weighted by molar-refractivity contribution is 9.10. The maximum Gasteiger partial charge on any atom is 0.119 e. The maximum absolute atomic E-state index is 5.77. The van der Waals surface area contributed by atoms with Crippen molar-refractivity contribution in [3.63, 3.8) is 0 Å². The largest absolute Gasteiger partial charge is 0.494 e. The molecule has 2 aromatic rings. The van der Waals surface area contributed by atoms with Crippen LogP contribution >= 0.6 is 31.9 Å². The van der Waals surface area contributed by atoms with Gasteiger partial charge in [-0.1, -0.05) is 62.2 Å². The molecule has 106 valence electrons. The van der Waals surface area contributed by atoms with Crippen molar-refractivity contribution in [2.45, 2.75) is 12.8 Å². The lowest BCUT2D eigenvalue weighted by Crippen LogP contribution is -2.11. The molecule has 2 rings (SSSR count). The summed E-state index contributed by atoms with van der Waals surface area (Å²) in [5.41, 5.74) is 1.36. The lowest BCUT2D eigenvalue weighted by molar-refractivity contribution is 0.285. The summed E-state index contributed by atoms with van der Waals surface area (Å²) in [6, 6.07) is 18.5. The van der Waals surface area contributed by atoms with Crippen molar-refractivity contribution in [3.8, 4) is 5.75 Å². The number of halogens is 2. The molecule has 0 aromatic heterocycles. The topological polar surface area (TPSA) is 9.23 Å². The molecule has 0 heterocycles. The molecule has 0 saturated carbocycles. The zero-order valence-corrected chi connectivity index (χ0v) is 14.4. The van der Waals surface area contributed by atoms with Crippen LogP contribution < -0.4 is 4.74 Å². The summed E-state index contributed by atoms with van der Waals surface area (Å²) >= 11 is 7.13. The Labute approximate surface area is 137 Å². The van der Waals surface area contributed by atoms with E-state index < -0.39 is 0 Å². The molecule has 1 atom stereocenters. The normalized spacial score (nSPS) is 12.1. The second kappa shape index (κ2) is 8.48. The molecule has 0 bridgehead atoms. The minimum absolute atomic E-state index is 0.591. The molecule has 1 unspecified atom stereocenters. The number of ether oxygens (including phenoxy) is 1. The second-order valence-electron chi connectivity index (χ2n) is 4.80. The van der Waals surface area contributed by atoms with Gasteiger partial charge in [0.15, 0.2) is 0 Å². The zero-order valence-electron chi connectivity index (χ0n) is 11.3. The van der Waals surface area contributed by atoms with E-state index in [1.807, 2.05) is 30.3 Å². The predicted molar refractivity (Wildman–Crippen MR) is 91.7 cm³/mol. The molecule has 0 aliphatic carbocycles. The van der Waals surface area contributed by atoms with Gasteiger partial charge in [0.25, 0.3) is 0 Å². The number of para-hydroxylation sites is 1. The SMILES string of the molecule is BrCC(CCOc1ccccc1)Cc1cccc(Br)c1. The summed E-state index contributed by atoms with van der Waals surface area (Å²) < 4.78 is 6.91. The van der Waals surface area contributed by atoms with Crippen molar-refractivity contribution in [1.82, 2.24) is 0 Å². The molecule has 0 saturated heterocycles. The molecule has 0 spiro atoms. The monoisotopic (exact) mass is 396 g/mol. The molecule has 0 fully saturated rings. The highest BCUT2D eigenvalue weighted by atomic mass is 79.9. The first-order valence-corrected chi connectivity index (χ1v) is 8.67. The van der Waals surface area contributed by atoms with Crippen molar-refractivity contribution >= 4 is 31.9 Å². The van der Waals surface area contributed by atoms with Crippen molar-refractivity contribution in [1.29, 1.82) is 0 Å². The van der Waals surface area contributed by atoms with Crippen molar-refractivity contribution in [3.05, 3.63) is 64.6 Å². The zero-order chi connectivity index (χ0) is 14.2. The van der Waals surface area contributed by atoms with Crippen LogP contribution in [0, 0.1) is 5.92 Å². The van der Waals surface area contributed by atoms with Crippen molar-refractivity contribution < 1.29 is 4.74 Å². The van der Waals surface area contributed by atoms with Crippen LogP contribution in [0.15, 0.2) is 59.1 Å². The number of alkyl halides is 1. The maximum atomic E-state index is 5.77. The first-order valence-electron chi connectivity index (χ1n) is 6.76.